The minimum Gasteiger partial charge on any atom is -0.406 e. The molecule has 0 N–H and O–H groups in total. The van der Waals surface area contributed by atoms with E-state index in [0.717, 1.165) is 18.4 Å². The summed E-state index contributed by atoms with van der Waals surface area (Å²) >= 11 is 0. The molecule has 0 bridgehead atoms. The number of carbonyl (C=O) groups is 1. The summed E-state index contributed by atoms with van der Waals surface area (Å²) in [6.07, 6.45) is 0.946. The fourth-order valence-corrected chi connectivity index (χ4v) is 3.69. The van der Waals surface area contributed by atoms with Gasteiger partial charge in [-0.2, -0.15) is 0 Å². The highest BCUT2D eigenvalue weighted by atomic mass is 19.4. The molecule has 146 valence electrons. The first-order valence-corrected chi connectivity index (χ1v) is 8.90. The van der Waals surface area contributed by atoms with Crippen LogP contribution in [0.5, 0.6) is 5.75 Å². The second-order valence-corrected chi connectivity index (χ2v) is 6.96. The van der Waals surface area contributed by atoms with Crippen molar-refractivity contribution in [3.8, 4) is 5.75 Å². The molecular formula is C19H22F3N3O2. The van der Waals surface area contributed by atoms with E-state index in [4.69, 9.17) is 0 Å². The zero-order valence-electron chi connectivity index (χ0n) is 15.3. The van der Waals surface area contributed by atoms with Gasteiger partial charge in [0.15, 0.2) is 5.82 Å². The molecule has 1 saturated heterocycles. The molecular weight excluding hydrogens is 359 g/mol. The molecule has 27 heavy (non-hydrogen) atoms. The first-order valence-electron chi connectivity index (χ1n) is 8.90. The zero-order valence-corrected chi connectivity index (χ0v) is 15.3. The molecule has 3 rings (SSSR count). The summed E-state index contributed by atoms with van der Waals surface area (Å²) in [5.74, 6) is 0.0548. The van der Waals surface area contributed by atoms with Gasteiger partial charge in [0.25, 0.3) is 5.91 Å². The minimum absolute atomic E-state index is 0.112. The van der Waals surface area contributed by atoms with E-state index in [9.17, 15) is 18.0 Å². The Bertz CT molecular complexity index is 801. The summed E-state index contributed by atoms with van der Waals surface area (Å²) in [5, 5.41) is 0. The standard InChI is InChI=1S/C19H22F3N3O2/c1-3-24-12-10-23-16(24)17(26)25-11-4-9-18(25,2)13-14-5-7-15(8-6-14)27-19(20,21)22/h5-8,10,12H,3-4,9,11,13H2,1-2H3. The zero-order chi connectivity index (χ0) is 19.7. The van der Waals surface area contributed by atoms with Gasteiger partial charge in [-0.15, -0.1) is 13.2 Å². The Balaban J connectivity index is 1.75. The number of rotatable bonds is 5. The first-order chi connectivity index (χ1) is 12.7. The Labute approximate surface area is 155 Å². The number of nitrogens with zero attached hydrogens (tertiary/aromatic N) is 3. The minimum atomic E-state index is -4.71. The SMILES string of the molecule is CCn1ccnc1C(=O)N1CCCC1(C)Cc1ccc(OC(F)(F)F)cc1. The van der Waals surface area contributed by atoms with Crippen molar-refractivity contribution in [1.82, 2.24) is 14.5 Å². The number of aryl methyl sites for hydroxylation is 1. The molecule has 8 heteroatoms. The smallest absolute Gasteiger partial charge is 0.406 e. The number of hydrogen-bond acceptors (Lipinski definition) is 3. The van der Waals surface area contributed by atoms with Gasteiger partial charge in [0.05, 0.1) is 0 Å². The van der Waals surface area contributed by atoms with Crippen molar-refractivity contribution < 1.29 is 22.7 Å². The van der Waals surface area contributed by atoms with Crippen LogP contribution in [0.3, 0.4) is 0 Å². The monoisotopic (exact) mass is 381 g/mol. The van der Waals surface area contributed by atoms with Crippen LogP contribution in [0.25, 0.3) is 0 Å². The molecule has 0 spiro atoms. The van der Waals surface area contributed by atoms with Gasteiger partial charge in [-0.05, 0) is 50.8 Å². The molecule has 1 amide bonds. The first kappa shape index (κ1) is 19.3. The Morgan fingerprint density at radius 2 is 2.00 bits per heavy atom. The van der Waals surface area contributed by atoms with Crippen LogP contribution in [0.15, 0.2) is 36.7 Å². The lowest BCUT2D eigenvalue weighted by atomic mass is 9.90. The number of likely N-dealkylation sites (tertiary alicyclic amines) is 1. The predicted molar refractivity (Wildman–Crippen MR) is 93.4 cm³/mol. The van der Waals surface area contributed by atoms with Crippen LogP contribution in [0.4, 0.5) is 13.2 Å². The maximum atomic E-state index is 13.0. The van der Waals surface area contributed by atoms with Gasteiger partial charge in [0.1, 0.15) is 5.75 Å². The van der Waals surface area contributed by atoms with Crippen molar-refractivity contribution >= 4 is 5.91 Å². The Kier molecular flexibility index (Phi) is 5.17. The molecule has 5 nitrogen and oxygen atoms in total. The molecule has 2 heterocycles. The van der Waals surface area contributed by atoms with Crippen molar-refractivity contribution in [1.29, 1.82) is 0 Å². The van der Waals surface area contributed by atoms with Crippen molar-refractivity contribution in [2.45, 2.75) is 51.6 Å². The van der Waals surface area contributed by atoms with Gasteiger partial charge in [0, 0.05) is 31.0 Å². The molecule has 1 atom stereocenters. The van der Waals surface area contributed by atoms with E-state index in [1.807, 2.05) is 23.3 Å². The van der Waals surface area contributed by atoms with Crippen LogP contribution in [0.2, 0.25) is 0 Å². The maximum Gasteiger partial charge on any atom is 0.573 e. The molecule has 1 aliphatic heterocycles. The number of hydrogen-bond donors (Lipinski definition) is 0. The summed E-state index contributed by atoms with van der Waals surface area (Å²) in [6.45, 7) is 5.26. The third-order valence-electron chi connectivity index (χ3n) is 4.98. The number of benzene rings is 1. The number of alkyl halides is 3. The van der Waals surface area contributed by atoms with E-state index in [1.165, 1.54) is 12.1 Å². The topological polar surface area (TPSA) is 47.4 Å². The largest absolute Gasteiger partial charge is 0.573 e. The van der Waals surface area contributed by atoms with Crippen molar-refractivity contribution in [2.75, 3.05) is 6.54 Å². The molecule has 1 aromatic carbocycles. The lowest BCUT2D eigenvalue weighted by Crippen LogP contribution is -2.47. The van der Waals surface area contributed by atoms with Crippen LogP contribution in [-0.4, -0.2) is 38.8 Å². The average molecular weight is 381 g/mol. The normalized spacial score (nSPS) is 20.1. The van der Waals surface area contributed by atoms with Gasteiger partial charge in [0.2, 0.25) is 0 Å². The van der Waals surface area contributed by atoms with Gasteiger partial charge in [-0.25, -0.2) is 4.98 Å². The van der Waals surface area contributed by atoms with E-state index < -0.39 is 11.9 Å². The maximum absolute atomic E-state index is 13.0. The van der Waals surface area contributed by atoms with Gasteiger partial charge >= 0.3 is 6.36 Å². The second-order valence-electron chi connectivity index (χ2n) is 6.96. The van der Waals surface area contributed by atoms with E-state index in [2.05, 4.69) is 9.72 Å². The van der Waals surface area contributed by atoms with Gasteiger partial charge in [-0.1, -0.05) is 12.1 Å². The Morgan fingerprint density at radius 1 is 1.30 bits per heavy atom. The highest BCUT2D eigenvalue weighted by molar-refractivity contribution is 5.91. The number of imidazole rings is 1. The molecule has 1 aliphatic rings. The highest BCUT2D eigenvalue weighted by Gasteiger charge is 2.41. The van der Waals surface area contributed by atoms with Crippen LogP contribution in [0.1, 0.15) is 42.9 Å². The molecule has 2 aromatic rings. The Hall–Kier alpha value is -2.51. The third-order valence-corrected chi connectivity index (χ3v) is 4.98. The highest BCUT2D eigenvalue weighted by Crippen LogP contribution is 2.34. The molecule has 0 saturated carbocycles. The number of carbonyl (C=O) groups excluding carboxylic acids is 1. The fraction of sp³-hybridized carbons (Fsp3) is 0.474. The lowest BCUT2D eigenvalue weighted by Gasteiger charge is -2.35. The van der Waals surface area contributed by atoms with E-state index in [0.29, 0.717) is 25.3 Å². The molecule has 0 aliphatic carbocycles. The lowest BCUT2D eigenvalue weighted by molar-refractivity contribution is -0.274. The second kappa shape index (κ2) is 7.25. The number of ether oxygens (including phenoxy) is 1. The van der Waals surface area contributed by atoms with E-state index >= 15 is 0 Å². The summed E-state index contributed by atoms with van der Waals surface area (Å²) in [5.41, 5.74) is 0.444. The predicted octanol–water partition coefficient (Wildman–Crippen LogP) is 4.04. The fourth-order valence-electron chi connectivity index (χ4n) is 3.69. The molecule has 1 unspecified atom stereocenters. The average Bonchev–Trinajstić information content (AvgIpc) is 3.21. The van der Waals surface area contributed by atoms with Crippen molar-refractivity contribution in [3.05, 3.63) is 48.0 Å². The van der Waals surface area contributed by atoms with E-state index in [-0.39, 0.29) is 11.7 Å². The van der Waals surface area contributed by atoms with Crippen LogP contribution < -0.4 is 4.74 Å². The molecule has 0 radical (unpaired) electrons. The van der Waals surface area contributed by atoms with Crippen LogP contribution >= 0.6 is 0 Å². The summed E-state index contributed by atoms with van der Waals surface area (Å²) < 4.78 is 42.6. The molecule has 1 fully saturated rings. The van der Waals surface area contributed by atoms with E-state index in [1.54, 1.807) is 24.5 Å². The number of halogens is 3. The number of amides is 1. The summed E-state index contributed by atoms with van der Waals surface area (Å²) in [6, 6.07) is 5.83. The summed E-state index contributed by atoms with van der Waals surface area (Å²) in [4.78, 5) is 19.0. The van der Waals surface area contributed by atoms with Gasteiger partial charge in [-0.3, -0.25) is 4.79 Å². The number of aromatic nitrogens is 2. The Morgan fingerprint density at radius 3 is 2.63 bits per heavy atom. The van der Waals surface area contributed by atoms with Gasteiger partial charge < -0.3 is 14.2 Å². The van der Waals surface area contributed by atoms with Crippen LogP contribution in [-0.2, 0) is 13.0 Å². The van der Waals surface area contributed by atoms with Crippen molar-refractivity contribution in [2.24, 2.45) is 0 Å². The van der Waals surface area contributed by atoms with Crippen molar-refractivity contribution in [3.63, 3.8) is 0 Å². The van der Waals surface area contributed by atoms with Crippen LogP contribution in [0, 0.1) is 0 Å². The molecule has 1 aromatic heterocycles. The third kappa shape index (κ3) is 4.26. The quantitative estimate of drug-likeness (QED) is 0.785. The summed E-state index contributed by atoms with van der Waals surface area (Å²) in [7, 11) is 0.